The smallest absolute Gasteiger partial charge is 0.189 e. The van der Waals surface area contributed by atoms with Crippen LogP contribution in [0.3, 0.4) is 0 Å². The number of aromatic nitrogens is 1. The van der Waals surface area contributed by atoms with Crippen molar-refractivity contribution in [2.24, 2.45) is 10.9 Å². The highest BCUT2D eigenvalue weighted by atomic mass is 32.2. The maximum absolute atomic E-state index is 8.56. The molecule has 0 atom stereocenters. The first-order chi connectivity index (χ1) is 6.65. The van der Waals surface area contributed by atoms with Gasteiger partial charge < -0.3 is 10.9 Å². The van der Waals surface area contributed by atoms with Crippen molar-refractivity contribution in [1.82, 2.24) is 4.98 Å². The molecule has 0 fully saturated rings. The fourth-order valence-electron chi connectivity index (χ4n) is 0.979. The van der Waals surface area contributed by atoms with Crippen LogP contribution in [0, 0.1) is 0 Å². The fraction of sp³-hybridized carbons (Fsp3) is 0.333. The van der Waals surface area contributed by atoms with E-state index in [1.807, 2.05) is 12.1 Å². The zero-order valence-corrected chi connectivity index (χ0v) is 8.95. The second-order valence-corrected chi connectivity index (χ2v) is 4.62. The van der Waals surface area contributed by atoms with Gasteiger partial charge in [0.05, 0.1) is 0 Å². The van der Waals surface area contributed by atoms with E-state index in [2.05, 4.69) is 24.0 Å². The Morgan fingerprint density at radius 3 is 2.93 bits per heavy atom. The van der Waals surface area contributed by atoms with Crippen molar-refractivity contribution in [3.63, 3.8) is 0 Å². The summed E-state index contributed by atoms with van der Waals surface area (Å²) in [7, 11) is 0. The third-order valence-electron chi connectivity index (χ3n) is 1.48. The molecular weight excluding hydrogens is 198 g/mol. The zero-order valence-electron chi connectivity index (χ0n) is 8.14. The lowest BCUT2D eigenvalue weighted by Gasteiger charge is -2.08. The van der Waals surface area contributed by atoms with Gasteiger partial charge in [0.15, 0.2) is 5.84 Å². The van der Waals surface area contributed by atoms with Gasteiger partial charge in [0, 0.05) is 16.3 Å². The molecule has 3 N–H and O–H groups in total. The number of nitrogens with two attached hydrogens (primary N) is 1. The van der Waals surface area contributed by atoms with Gasteiger partial charge >= 0.3 is 0 Å². The number of nitrogens with zero attached hydrogens (tertiary/aromatic N) is 2. The van der Waals surface area contributed by atoms with E-state index in [0.717, 1.165) is 4.90 Å². The number of pyridine rings is 1. The number of hydrogen-bond acceptors (Lipinski definition) is 4. The molecule has 76 valence electrons. The summed E-state index contributed by atoms with van der Waals surface area (Å²) in [4.78, 5) is 4.99. The van der Waals surface area contributed by atoms with Gasteiger partial charge in [0.1, 0.15) is 5.69 Å². The summed E-state index contributed by atoms with van der Waals surface area (Å²) in [5.41, 5.74) is 6.03. The van der Waals surface area contributed by atoms with E-state index in [1.165, 1.54) is 0 Å². The summed E-state index contributed by atoms with van der Waals surface area (Å²) < 4.78 is 0. The Hall–Kier alpha value is -1.23. The first kappa shape index (κ1) is 10.8. The molecule has 1 aromatic rings. The highest BCUT2D eigenvalue weighted by Crippen LogP contribution is 2.24. The van der Waals surface area contributed by atoms with Crippen molar-refractivity contribution in [2.45, 2.75) is 24.0 Å². The van der Waals surface area contributed by atoms with Gasteiger partial charge in [0.25, 0.3) is 0 Å². The molecule has 5 heteroatoms. The highest BCUT2D eigenvalue weighted by molar-refractivity contribution is 8.00. The van der Waals surface area contributed by atoms with Crippen molar-refractivity contribution in [3.05, 3.63) is 24.0 Å². The molecule has 1 heterocycles. The quantitative estimate of drug-likeness (QED) is 0.262. The molecule has 1 rings (SSSR count). The number of rotatable bonds is 3. The Balaban J connectivity index is 3.03. The predicted molar refractivity (Wildman–Crippen MR) is 57.7 cm³/mol. The van der Waals surface area contributed by atoms with E-state index in [0.29, 0.717) is 10.9 Å². The third-order valence-corrected chi connectivity index (χ3v) is 2.54. The normalized spacial score (nSPS) is 12.1. The van der Waals surface area contributed by atoms with E-state index >= 15 is 0 Å². The van der Waals surface area contributed by atoms with E-state index in [9.17, 15) is 0 Å². The van der Waals surface area contributed by atoms with E-state index < -0.39 is 0 Å². The Labute approximate surface area is 87.2 Å². The van der Waals surface area contributed by atoms with Gasteiger partial charge in [-0.05, 0) is 12.1 Å². The standard InChI is InChI=1S/C9H13N3OS/c1-6(2)14-7-4-3-5-11-8(7)9(10)12-13/h3-6,13H,1-2H3,(H2,10,12). The molecule has 0 saturated heterocycles. The molecule has 0 aliphatic heterocycles. The molecular formula is C9H13N3OS. The Morgan fingerprint density at radius 1 is 1.64 bits per heavy atom. The second-order valence-electron chi connectivity index (χ2n) is 3.00. The molecule has 0 amide bonds. The van der Waals surface area contributed by atoms with Crippen molar-refractivity contribution >= 4 is 17.6 Å². The van der Waals surface area contributed by atoms with E-state index in [-0.39, 0.29) is 5.84 Å². The van der Waals surface area contributed by atoms with Crippen LogP contribution in [0.15, 0.2) is 28.4 Å². The molecule has 14 heavy (non-hydrogen) atoms. The van der Waals surface area contributed by atoms with Crippen LogP contribution in [-0.4, -0.2) is 21.3 Å². The summed E-state index contributed by atoms with van der Waals surface area (Å²) in [5, 5.41) is 11.9. The molecule has 0 bridgehead atoms. The predicted octanol–water partition coefficient (Wildman–Crippen LogP) is 1.68. The van der Waals surface area contributed by atoms with Crippen LogP contribution in [0.25, 0.3) is 0 Å². The Bertz CT molecular complexity index is 339. The summed E-state index contributed by atoms with van der Waals surface area (Å²) in [6.45, 7) is 4.15. The molecule has 4 nitrogen and oxygen atoms in total. The maximum atomic E-state index is 8.56. The number of thioether (sulfide) groups is 1. The first-order valence-electron chi connectivity index (χ1n) is 4.24. The van der Waals surface area contributed by atoms with Crippen LogP contribution < -0.4 is 5.73 Å². The SMILES string of the molecule is CC(C)Sc1cccnc1/C(N)=N/O. The van der Waals surface area contributed by atoms with Gasteiger partial charge in [0.2, 0.25) is 0 Å². The lowest BCUT2D eigenvalue weighted by Crippen LogP contribution is -2.16. The number of hydrogen-bond donors (Lipinski definition) is 2. The topological polar surface area (TPSA) is 71.5 Å². The fourth-order valence-corrected chi connectivity index (χ4v) is 1.91. The number of oxime groups is 1. The third kappa shape index (κ3) is 2.63. The van der Waals surface area contributed by atoms with Crippen LogP contribution in [0.5, 0.6) is 0 Å². The molecule has 1 aromatic heterocycles. The monoisotopic (exact) mass is 211 g/mol. The van der Waals surface area contributed by atoms with Crippen molar-refractivity contribution in [3.8, 4) is 0 Å². The van der Waals surface area contributed by atoms with Gasteiger partial charge in [-0.25, -0.2) is 0 Å². The molecule has 0 spiro atoms. The molecule has 0 radical (unpaired) electrons. The van der Waals surface area contributed by atoms with Crippen LogP contribution in [-0.2, 0) is 0 Å². The molecule has 0 unspecified atom stereocenters. The van der Waals surface area contributed by atoms with Gasteiger partial charge in [-0.2, -0.15) is 0 Å². The van der Waals surface area contributed by atoms with Crippen LogP contribution >= 0.6 is 11.8 Å². The minimum atomic E-state index is 0.0498. The van der Waals surface area contributed by atoms with E-state index in [1.54, 1.807) is 18.0 Å². The highest BCUT2D eigenvalue weighted by Gasteiger charge is 2.09. The van der Waals surface area contributed by atoms with Crippen LogP contribution in [0.1, 0.15) is 19.5 Å². The van der Waals surface area contributed by atoms with Crippen molar-refractivity contribution in [2.75, 3.05) is 0 Å². The second kappa shape index (κ2) is 4.85. The van der Waals surface area contributed by atoms with Crippen LogP contribution in [0.2, 0.25) is 0 Å². The average molecular weight is 211 g/mol. The Morgan fingerprint density at radius 2 is 2.36 bits per heavy atom. The molecule has 0 aliphatic carbocycles. The van der Waals surface area contributed by atoms with Crippen molar-refractivity contribution < 1.29 is 5.21 Å². The number of amidine groups is 1. The summed E-state index contributed by atoms with van der Waals surface area (Å²) >= 11 is 1.63. The first-order valence-corrected chi connectivity index (χ1v) is 5.12. The maximum Gasteiger partial charge on any atom is 0.189 e. The minimum absolute atomic E-state index is 0.0498. The van der Waals surface area contributed by atoms with Gasteiger partial charge in [-0.3, -0.25) is 4.98 Å². The summed E-state index contributed by atoms with van der Waals surface area (Å²) in [5.74, 6) is 0.0498. The largest absolute Gasteiger partial charge is 0.409 e. The lowest BCUT2D eigenvalue weighted by molar-refractivity contribution is 0.318. The zero-order chi connectivity index (χ0) is 10.6. The molecule has 0 aliphatic rings. The lowest BCUT2D eigenvalue weighted by atomic mass is 10.3. The van der Waals surface area contributed by atoms with Crippen LogP contribution in [0.4, 0.5) is 0 Å². The van der Waals surface area contributed by atoms with Gasteiger partial charge in [-0.1, -0.05) is 19.0 Å². The van der Waals surface area contributed by atoms with E-state index in [4.69, 9.17) is 10.9 Å². The summed E-state index contributed by atoms with van der Waals surface area (Å²) in [6, 6.07) is 3.74. The minimum Gasteiger partial charge on any atom is -0.409 e. The Kier molecular flexibility index (Phi) is 3.76. The average Bonchev–Trinajstić information content (AvgIpc) is 2.16. The van der Waals surface area contributed by atoms with Gasteiger partial charge in [-0.15, -0.1) is 11.8 Å². The molecule has 0 saturated carbocycles. The summed E-state index contributed by atoms with van der Waals surface area (Å²) in [6.07, 6.45) is 1.62. The van der Waals surface area contributed by atoms with Crippen molar-refractivity contribution in [1.29, 1.82) is 0 Å². The molecule has 0 aromatic carbocycles.